The maximum absolute atomic E-state index is 13.7. The Morgan fingerprint density at radius 3 is 2.29 bits per heavy atom. The summed E-state index contributed by atoms with van der Waals surface area (Å²) in [6.07, 6.45) is 1.83. The molecule has 0 aliphatic carbocycles. The van der Waals surface area contributed by atoms with Gasteiger partial charge in [0.25, 0.3) is 5.91 Å². The van der Waals surface area contributed by atoms with Crippen molar-refractivity contribution in [3.63, 3.8) is 0 Å². The van der Waals surface area contributed by atoms with Crippen LogP contribution in [-0.2, 0) is 6.54 Å². The minimum absolute atomic E-state index is 0.128. The molecule has 3 aromatic rings. The number of benzene rings is 2. The largest absolute Gasteiger partial charge is 0.368 e. The summed E-state index contributed by atoms with van der Waals surface area (Å²) in [5, 5.41) is 0. The molecule has 6 heteroatoms. The van der Waals surface area contributed by atoms with Gasteiger partial charge in [0, 0.05) is 81.8 Å². The van der Waals surface area contributed by atoms with E-state index in [9.17, 15) is 4.79 Å². The Kier molecular flexibility index (Phi) is 8.75. The third kappa shape index (κ3) is 6.31. The molecule has 2 aromatic carbocycles. The lowest BCUT2D eigenvalue weighted by atomic mass is 9.98. The third-order valence-corrected chi connectivity index (χ3v) is 8.30. The van der Waals surface area contributed by atoms with Gasteiger partial charge in [-0.15, -0.1) is 5.92 Å². The highest BCUT2D eigenvalue weighted by molar-refractivity contribution is 5.96. The first kappa shape index (κ1) is 28.4. The zero-order valence-electron chi connectivity index (χ0n) is 24.9. The van der Waals surface area contributed by atoms with Crippen LogP contribution in [0.1, 0.15) is 52.0 Å². The van der Waals surface area contributed by atoms with E-state index in [4.69, 9.17) is 0 Å². The number of anilines is 2. The average Bonchev–Trinajstić information content (AvgIpc) is 2.99. The van der Waals surface area contributed by atoms with Crippen molar-refractivity contribution < 1.29 is 4.79 Å². The van der Waals surface area contributed by atoms with Crippen LogP contribution in [0.3, 0.4) is 0 Å². The number of carbonyl (C=O) groups excluding carboxylic acids is 1. The highest BCUT2D eigenvalue weighted by Crippen LogP contribution is 2.26. The average molecular weight is 548 g/mol. The Morgan fingerprint density at radius 1 is 0.878 bits per heavy atom. The van der Waals surface area contributed by atoms with Crippen molar-refractivity contribution in [2.24, 2.45) is 0 Å². The molecule has 1 aromatic heterocycles. The number of aromatic nitrogens is 1. The first-order chi connectivity index (χ1) is 19.9. The van der Waals surface area contributed by atoms with Crippen LogP contribution in [0, 0.1) is 25.7 Å². The topological polar surface area (TPSA) is 42.9 Å². The predicted octanol–water partition coefficient (Wildman–Crippen LogP) is 5.39. The van der Waals surface area contributed by atoms with E-state index in [1.54, 1.807) is 0 Å². The number of rotatable bonds is 6. The van der Waals surface area contributed by atoms with Gasteiger partial charge < -0.3 is 14.7 Å². The van der Waals surface area contributed by atoms with Crippen LogP contribution in [0.15, 0.2) is 61.3 Å². The van der Waals surface area contributed by atoms with Crippen molar-refractivity contribution in [2.45, 2.75) is 34.2 Å². The maximum Gasteiger partial charge on any atom is 0.254 e. The van der Waals surface area contributed by atoms with Gasteiger partial charge in [-0.05, 0) is 80.3 Å². The van der Waals surface area contributed by atoms with Crippen molar-refractivity contribution >= 4 is 23.0 Å². The molecule has 0 spiro atoms. The molecule has 212 valence electrons. The van der Waals surface area contributed by atoms with Gasteiger partial charge in [0.15, 0.2) is 0 Å². The van der Waals surface area contributed by atoms with Crippen LogP contribution in [0.4, 0.5) is 11.5 Å². The number of piperazine rings is 2. The fourth-order valence-electron chi connectivity index (χ4n) is 5.95. The molecule has 0 bridgehead atoms. The molecule has 2 aliphatic heterocycles. The summed E-state index contributed by atoms with van der Waals surface area (Å²) in [5.41, 5.74) is 8.76. The number of amides is 1. The standard InChI is InChI=1S/C35H41N5O/c1-6-10-29-11-7-8-13-33(29)38-17-15-37(16-18-38)25-30-24-32(28(5)23-27(30)4)35(41)40-21-19-39(20-22-40)34-31(26(2)3)12-9-14-36-34/h7-9,11-14,23-24H,2,15-22,25H2,1,3-5H3. The van der Waals surface area contributed by atoms with Gasteiger partial charge in [-0.25, -0.2) is 4.98 Å². The Labute approximate surface area is 245 Å². The molecule has 2 aliphatic rings. The van der Waals surface area contributed by atoms with Crippen molar-refractivity contribution in [3.8, 4) is 11.8 Å². The van der Waals surface area contributed by atoms with Crippen LogP contribution in [0.5, 0.6) is 0 Å². The highest BCUT2D eigenvalue weighted by atomic mass is 16.2. The molecule has 1 amide bonds. The Hall–Kier alpha value is -4.08. The number of pyridine rings is 1. The molecular weight excluding hydrogens is 506 g/mol. The Bertz CT molecular complexity index is 1480. The lowest BCUT2D eigenvalue weighted by Crippen LogP contribution is -2.49. The molecule has 0 saturated carbocycles. The third-order valence-electron chi connectivity index (χ3n) is 8.30. The fourth-order valence-corrected chi connectivity index (χ4v) is 5.95. The normalized spacial score (nSPS) is 15.9. The van der Waals surface area contributed by atoms with Crippen LogP contribution in [0.2, 0.25) is 0 Å². The summed E-state index contributed by atoms with van der Waals surface area (Å²) in [4.78, 5) is 27.6. The molecular formula is C35H41N5O. The number of para-hydroxylation sites is 1. The SMILES string of the molecule is C=C(C)c1cccnc1N1CCN(C(=O)c2cc(CN3CCN(c4ccccc4C#CC)CC3)c(C)cc2C)CC1. The first-order valence-corrected chi connectivity index (χ1v) is 14.6. The minimum atomic E-state index is 0.128. The summed E-state index contributed by atoms with van der Waals surface area (Å²) in [6, 6.07) is 16.8. The summed E-state index contributed by atoms with van der Waals surface area (Å²) in [7, 11) is 0. The van der Waals surface area contributed by atoms with Crippen molar-refractivity contribution in [3.05, 3.63) is 94.7 Å². The summed E-state index contributed by atoms with van der Waals surface area (Å²) < 4.78 is 0. The maximum atomic E-state index is 13.7. The highest BCUT2D eigenvalue weighted by Gasteiger charge is 2.26. The number of hydrogen-bond acceptors (Lipinski definition) is 5. The van der Waals surface area contributed by atoms with E-state index in [0.29, 0.717) is 13.1 Å². The number of allylic oxidation sites excluding steroid dienone is 1. The van der Waals surface area contributed by atoms with E-state index < -0.39 is 0 Å². The number of aryl methyl sites for hydroxylation is 2. The van der Waals surface area contributed by atoms with E-state index in [1.807, 2.05) is 31.0 Å². The molecule has 2 saturated heterocycles. The van der Waals surface area contributed by atoms with Crippen LogP contribution >= 0.6 is 0 Å². The van der Waals surface area contributed by atoms with E-state index in [1.165, 1.54) is 16.8 Å². The lowest BCUT2D eigenvalue weighted by Gasteiger charge is -2.37. The van der Waals surface area contributed by atoms with Crippen molar-refractivity contribution in [1.82, 2.24) is 14.8 Å². The molecule has 2 fully saturated rings. The second-order valence-electron chi connectivity index (χ2n) is 11.2. The molecule has 0 unspecified atom stereocenters. The summed E-state index contributed by atoms with van der Waals surface area (Å²) in [5.74, 6) is 7.38. The first-order valence-electron chi connectivity index (χ1n) is 14.6. The zero-order valence-corrected chi connectivity index (χ0v) is 24.9. The molecule has 41 heavy (non-hydrogen) atoms. The van der Waals surface area contributed by atoms with E-state index in [2.05, 4.69) is 94.4 Å². The number of nitrogens with zero attached hydrogens (tertiary/aromatic N) is 5. The molecule has 0 N–H and O–H groups in total. The minimum Gasteiger partial charge on any atom is -0.368 e. The van der Waals surface area contributed by atoms with Crippen molar-refractivity contribution in [1.29, 1.82) is 0 Å². The van der Waals surface area contributed by atoms with E-state index in [0.717, 1.165) is 79.5 Å². The molecule has 0 atom stereocenters. The monoisotopic (exact) mass is 547 g/mol. The molecule has 3 heterocycles. The number of carbonyl (C=O) groups is 1. The van der Waals surface area contributed by atoms with Crippen LogP contribution in [0.25, 0.3) is 5.57 Å². The second kappa shape index (κ2) is 12.6. The quantitative estimate of drug-likeness (QED) is 0.388. The van der Waals surface area contributed by atoms with Gasteiger partial charge in [0.2, 0.25) is 0 Å². The molecule has 0 radical (unpaired) electrons. The van der Waals surface area contributed by atoms with Gasteiger partial charge >= 0.3 is 0 Å². The Morgan fingerprint density at radius 2 is 1.59 bits per heavy atom. The van der Waals surface area contributed by atoms with Gasteiger partial charge in [0.05, 0.1) is 5.69 Å². The zero-order chi connectivity index (χ0) is 28.9. The summed E-state index contributed by atoms with van der Waals surface area (Å²) >= 11 is 0. The van der Waals surface area contributed by atoms with Gasteiger partial charge in [-0.2, -0.15) is 0 Å². The smallest absolute Gasteiger partial charge is 0.254 e. The Balaban J connectivity index is 1.23. The molecule has 5 rings (SSSR count). The van der Waals surface area contributed by atoms with Gasteiger partial charge in [-0.1, -0.05) is 30.7 Å². The van der Waals surface area contributed by atoms with Gasteiger partial charge in [-0.3, -0.25) is 9.69 Å². The lowest BCUT2D eigenvalue weighted by molar-refractivity contribution is 0.0745. The molecule has 6 nitrogen and oxygen atoms in total. The second-order valence-corrected chi connectivity index (χ2v) is 11.2. The summed E-state index contributed by atoms with van der Waals surface area (Å²) in [6.45, 7) is 19.9. The van der Waals surface area contributed by atoms with Crippen molar-refractivity contribution in [2.75, 3.05) is 62.2 Å². The van der Waals surface area contributed by atoms with E-state index in [-0.39, 0.29) is 5.91 Å². The van der Waals surface area contributed by atoms with Crippen LogP contribution in [-0.4, -0.2) is 73.0 Å². The van der Waals surface area contributed by atoms with Crippen LogP contribution < -0.4 is 9.80 Å². The van der Waals surface area contributed by atoms with Gasteiger partial charge in [0.1, 0.15) is 5.82 Å². The van der Waals surface area contributed by atoms with E-state index >= 15 is 0 Å². The predicted molar refractivity (Wildman–Crippen MR) is 169 cm³/mol. The number of hydrogen-bond donors (Lipinski definition) is 0. The fraction of sp³-hybridized carbons (Fsp3) is 0.371.